The van der Waals surface area contributed by atoms with E-state index in [0.29, 0.717) is 61.0 Å². The molecule has 0 unspecified atom stereocenters. The van der Waals surface area contributed by atoms with Crippen molar-refractivity contribution in [2.75, 3.05) is 53.0 Å². The van der Waals surface area contributed by atoms with Crippen LogP contribution in [0.2, 0.25) is 0 Å². The van der Waals surface area contributed by atoms with Crippen molar-refractivity contribution in [2.45, 2.75) is 199 Å². The van der Waals surface area contributed by atoms with Crippen LogP contribution < -0.4 is 37.6 Å². The summed E-state index contributed by atoms with van der Waals surface area (Å²) in [5, 5.41) is 27.3. The predicted molar refractivity (Wildman–Crippen MR) is 365 cm³/mol. The second kappa shape index (κ2) is 39.2. The van der Waals surface area contributed by atoms with E-state index in [1.807, 2.05) is 32.0 Å². The first-order valence-corrected chi connectivity index (χ1v) is 35.0. The molecule has 3 aromatic rings. The number of likely N-dealkylation sites (tertiary alicyclic amines) is 1. The molecule has 1 aromatic heterocycles. The monoisotopic (exact) mass is 1370 g/mol. The first kappa shape index (κ1) is 81.2. The maximum atomic E-state index is 14.8. The largest absolute Gasteiger partial charge is 0.445 e. The van der Waals surface area contributed by atoms with E-state index in [9.17, 15) is 56.7 Å². The van der Waals surface area contributed by atoms with Gasteiger partial charge in [0.1, 0.15) is 30.8 Å². The van der Waals surface area contributed by atoms with Crippen LogP contribution in [0.5, 0.6) is 0 Å². The number of urea groups is 1. The highest BCUT2D eigenvalue weighted by Crippen LogP contribution is 2.31. The van der Waals surface area contributed by atoms with Gasteiger partial charge >= 0.3 is 12.1 Å². The Morgan fingerprint density at radius 1 is 0.773 bits per heavy atom. The van der Waals surface area contributed by atoms with Gasteiger partial charge in [-0.2, -0.15) is 0 Å². The molecule has 1 fully saturated rings. The highest BCUT2D eigenvalue weighted by Gasteiger charge is 2.44. The summed E-state index contributed by atoms with van der Waals surface area (Å²) in [7, 11) is 2.50. The number of likely N-dealkylation sites (N-methyl/N-ethyl adjacent to an activating group) is 2. The fourth-order valence-electron chi connectivity index (χ4n) is 11.8. The summed E-state index contributed by atoms with van der Waals surface area (Å²) < 4.78 is 41.0. The lowest BCUT2D eigenvalue weighted by Crippen LogP contribution is -2.60. The van der Waals surface area contributed by atoms with Gasteiger partial charge < -0.3 is 66.8 Å². The van der Waals surface area contributed by atoms with E-state index < -0.39 is 136 Å². The number of rotatable bonds is 36. The van der Waals surface area contributed by atoms with Crippen LogP contribution in [0.4, 0.5) is 15.3 Å². The number of sulfone groups is 1. The second-order valence-corrected chi connectivity index (χ2v) is 27.9. The third-order valence-corrected chi connectivity index (χ3v) is 18.3. The number of aromatic nitrogens is 2. The molecule has 0 radical (unpaired) electrons. The number of anilines is 1. The number of unbranched alkanes of at least 4 members (excludes halogenated alkanes) is 1. The number of amides is 10. The third-order valence-electron chi connectivity index (χ3n) is 17.4. The summed E-state index contributed by atoms with van der Waals surface area (Å²) in [5.41, 5.74) is 7.16. The Morgan fingerprint density at radius 3 is 1.98 bits per heavy atom. The molecule has 2 aromatic carbocycles. The number of carbonyl (C=O) groups is 9. The molecule has 12 atom stereocenters. The van der Waals surface area contributed by atoms with E-state index in [-0.39, 0.29) is 61.7 Å². The Bertz CT molecular complexity index is 3280. The molecule has 0 aliphatic carbocycles. The van der Waals surface area contributed by atoms with Gasteiger partial charge in [-0.3, -0.25) is 38.5 Å². The summed E-state index contributed by atoms with van der Waals surface area (Å²) in [6.07, 6.45) is 3.13. The molecule has 0 spiro atoms. The number of aliphatic hydroxyl groups is 1. The SMILES string of the molecule is CC[C@H](C)[C@@H]([C@@H](CC(=O)N1CCC[C@H]1[C@H](OC)[C@@H](C)C(=O)N[C@H](C)[C@@H](O)c1ccccc1)OC)N(C)C(=O)[C@@H](NC(=O)[C@H](C(C)C)N(C)C(=O)OCc1ccc(NC(=O)[C@H](CCCNC(N)=O)NC(=O)[C@@H](NC(=O)CCCC#Cc2cnc(S(C)(=O)=O)nc2)C(C)C)cc1)C(C)C. The number of nitrogens with zero attached hydrogens (tertiary/aromatic N) is 5. The number of primary amides is 1. The van der Waals surface area contributed by atoms with Gasteiger partial charge in [-0.15, -0.1) is 0 Å². The molecule has 4 rings (SSSR count). The predicted octanol–water partition coefficient (Wildman–Crippen LogP) is 5.01. The van der Waals surface area contributed by atoms with Crippen molar-refractivity contribution in [1.82, 2.24) is 51.3 Å². The van der Waals surface area contributed by atoms with Crippen LogP contribution in [0.3, 0.4) is 0 Å². The van der Waals surface area contributed by atoms with Crippen LogP contribution in [-0.4, -0.2) is 194 Å². The van der Waals surface area contributed by atoms with Crippen LogP contribution >= 0.6 is 0 Å². The normalized spacial score (nSPS) is 16.5. The molecule has 536 valence electrons. The van der Waals surface area contributed by atoms with Crippen molar-refractivity contribution in [2.24, 2.45) is 35.3 Å². The Hall–Kier alpha value is -8.26. The summed E-state index contributed by atoms with van der Waals surface area (Å²) in [5.74, 6) is 0.340. The minimum atomic E-state index is -3.57. The molecule has 2 heterocycles. The number of nitrogens with one attached hydrogen (secondary N) is 6. The summed E-state index contributed by atoms with van der Waals surface area (Å²) in [6, 6.07) is 8.65. The Kier molecular flexibility index (Phi) is 32.8. The lowest BCUT2D eigenvalue weighted by atomic mass is 9.89. The van der Waals surface area contributed by atoms with Crippen molar-refractivity contribution >= 4 is 69.0 Å². The van der Waals surface area contributed by atoms with E-state index in [2.05, 4.69) is 53.7 Å². The van der Waals surface area contributed by atoms with Crippen LogP contribution in [0.1, 0.15) is 150 Å². The molecule has 1 aliphatic rings. The molecule has 0 saturated carbocycles. The molecule has 27 nitrogen and oxygen atoms in total. The van der Waals surface area contributed by atoms with Crippen molar-refractivity contribution in [3.8, 4) is 11.8 Å². The summed E-state index contributed by atoms with van der Waals surface area (Å²) in [6.45, 7) is 18.3. The van der Waals surface area contributed by atoms with E-state index >= 15 is 0 Å². The number of benzene rings is 2. The van der Waals surface area contributed by atoms with Crippen molar-refractivity contribution in [1.29, 1.82) is 0 Å². The van der Waals surface area contributed by atoms with Crippen LogP contribution in [0.25, 0.3) is 0 Å². The third kappa shape index (κ3) is 24.7. The number of methoxy groups -OCH3 is 2. The summed E-state index contributed by atoms with van der Waals surface area (Å²) >= 11 is 0. The number of hydrogen-bond donors (Lipinski definition) is 8. The average Bonchev–Trinajstić information content (AvgIpc) is 1.72. The molecule has 28 heteroatoms. The Labute approximate surface area is 571 Å². The fourth-order valence-corrected chi connectivity index (χ4v) is 12.2. The topological polar surface area (TPSA) is 369 Å². The van der Waals surface area contributed by atoms with E-state index in [0.717, 1.165) is 6.26 Å². The molecular weight excluding hydrogens is 1270 g/mol. The first-order chi connectivity index (χ1) is 45.8. The maximum Gasteiger partial charge on any atom is 0.410 e. The van der Waals surface area contributed by atoms with E-state index in [1.54, 1.807) is 109 Å². The van der Waals surface area contributed by atoms with Gasteiger partial charge in [-0.25, -0.2) is 28.0 Å². The number of aliphatic hydroxyl groups excluding tert-OH is 1. The number of nitrogens with two attached hydrogens (primary N) is 1. The quantitative estimate of drug-likeness (QED) is 0.0215. The molecule has 1 aliphatic heterocycles. The zero-order valence-corrected chi connectivity index (χ0v) is 59.7. The maximum absolute atomic E-state index is 14.8. The molecule has 1 saturated heterocycles. The Morgan fingerprint density at radius 2 is 1.41 bits per heavy atom. The molecule has 9 N–H and O–H groups in total. The first-order valence-electron chi connectivity index (χ1n) is 33.1. The minimum Gasteiger partial charge on any atom is -0.445 e. The van der Waals surface area contributed by atoms with Crippen molar-refractivity contribution < 1.29 is 70.9 Å². The lowest BCUT2D eigenvalue weighted by molar-refractivity contribution is -0.148. The smallest absolute Gasteiger partial charge is 0.410 e. The van der Waals surface area contributed by atoms with Gasteiger partial charge in [0, 0.05) is 78.6 Å². The average molecular weight is 1370 g/mol. The number of hydrogen-bond acceptors (Lipinski definition) is 17. The minimum absolute atomic E-state index is 0.0284. The standard InChI is InChI=1S/C69H104N12O15S/c1-16-44(8)59(53(94-13)37-55(83)81-36-24-29-52(81)61(95-14)45(9)62(85)74-46(10)60(84)49-26-20-18-21-27-49)79(11)66(89)57(42(4)5)78-65(88)58(43(6)7)80(12)69(91)96-40-47-31-33-50(34-32-47)75-63(86)51(28-23-35-71-67(70)90)76-64(87)56(41(2)3)77-54(82)30-22-17-19-25-48-38-72-68(73-39-48)97(15,92)93/h18,20-21,26-27,31-34,38-39,41-46,51-53,56-61,84H,16-17,22-24,28-30,35-37,40H2,1-15H3,(H,74,85)(H,75,86)(H,76,87)(H,77,82)(H,78,88)(H3,70,71,90)/t44-,45+,46+,51-,52-,53+,56-,57-,58-,59-,60+,61+/m0/s1. The van der Waals surface area contributed by atoms with Gasteiger partial charge in [0.05, 0.1) is 54.3 Å². The van der Waals surface area contributed by atoms with Gasteiger partial charge in [-0.1, -0.05) is 123 Å². The van der Waals surface area contributed by atoms with E-state index in [1.165, 1.54) is 38.6 Å². The van der Waals surface area contributed by atoms with Crippen LogP contribution in [-0.2, 0) is 64.2 Å². The molecule has 97 heavy (non-hydrogen) atoms. The van der Waals surface area contributed by atoms with Gasteiger partial charge in [0.15, 0.2) is 0 Å². The molecular formula is C69H104N12O15S. The lowest BCUT2D eigenvalue weighted by Gasteiger charge is -2.41. The molecule has 10 amide bonds. The van der Waals surface area contributed by atoms with E-state index in [4.69, 9.17) is 19.9 Å². The van der Waals surface area contributed by atoms with Gasteiger partial charge in [0.25, 0.3) is 0 Å². The number of carbonyl (C=O) groups excluding carboxylic acids is 9. The zero-order chi connectivity index (χ0) is 72.4. The summed E-state index contributed by atoms with van der Waals surface area (Å²) in [4.78, 5) is 135. The highest BCUT2D eigenvalue weighted by atomic mass is 32.2. The highest BCUT2D eigenvalue weighted by molar-refractivity contribution is 7.90. The number of ether oxygens (including phenoxy) is 3. The molecule has 0 bridgehead atoms. The van der Waals surface area contributed by atoms with Gasteiger partial charge in [-0.05, 0) is 86.0 Å². The Balaban J connectivity index is 1.38. The fraction of sp³-hybridized carbons (Fsp3) is 0.609. The van der Waals surface area contributed by atoms with Gasteiger partial charge in [0.2, 0.25) is 56.3 Å². The van der Waals surface area contributed by atoms with Crippen molar-refractivity contribution in [3.63, 3.8) is 0 Å². The van der Waals surface area contributed by atoms with Crippen LogP contribution in [0, 0.1) is 41.4 Å². The second-order valence-electron chi connectivity index (χ2n) is 26.0. The zero-order valence-electron chi connectivity index (χ0n) is 58.9. The van der Waals surface area contributed by atoms with Crippen LogP contribution in [0.15, 0.2) is 72.1 Å². The van der Waals surface area contributed by atoms with Crippen molar-refractivity contribution in [3.05, 3.63) is 83.7 Å².